The topological polar surface area (TPSA) is 26.0 Å². The number of benzene rings is 2. The molecule has 94 valence electrons. The number of nitrogens with two attached hydrogens (primary N) is 1. The summed E-state index contributed by atoms with van der Waals surface area (Å²) in [5, 5.41) is 0.492. The molecule has 2 aromatic carbocycles. The van der Waals surface area contributed by atoms with Gasteiger partial charge in [0.2, 0.25) is 0 Å². The number of rotatable bonds is 2. The third-order valence-electron chi connectivity index (χ3n) is 3.15. The molecule has 2 aromatic rings. The zero-order valence-electron chi connectivity index (χ0n) is 10.4. The van der Waals surface area contributed by atoms with Crippen LogP contribution in [0.2, 0.25) is 5.02 Å². The van der Waals surface area contributed by atoms with Crippen LogP contribution in [-0.4, -0.2) is 0 Å². The molecule has 0 fully saturated rings. The average Bonchev–Trinajstić information content (AvgIpc) is 2.32. The second kappa shape index (κ2) is 5.09. The van der Waals surface area contributed by atoms with Gasteiger partial charge >= 0.3 is 0 Å². The summed E-state index contributed by atoms with van der Waals surface area (Å²) in [5.41, 5.74) is 10.0. The molecule has 0 amide bonds. The molecule has 0 radical (unpaired) electrons. The van der Waals surface area contributed by atoms with Crippen LogP contribution in [0.25, 0.3) is 0 Å². The monoisotopic (exact) mass is 263 g/mol. The molecule has 0 aliphatic heterocycles. The zero-order valence-corrected chi connectivity index (χ0v) is 11.1. The Morgan fingerprint density at radius 1 is 1.11 bits per heavy atom. The van der Waals surface area contributed by atoms with Crippen LogP contribution in [0.5, 0.6) is 0 Å². The Labute approximate surface area is 111 Å². The van der Waals surface area contributed by atoms with Crippen molar-refractivity contribution in [2.75, 3.05) is 0 Å². The first-order chi connectivity index (χ1) is 8.50. The molecule has 0 spiro atoms. The van der Waals surface area contributed by atoms with Crippen molar-refractivity contribution < 1.29 is 4.39 Å². The first kappa shape index (κ1) is 13.1. The lowest BCUT2D eigenvalue weighted by atomic mass is 9.92. The van der Waals surface area contributed by atoms with E-state index < -0.39 is 6.04 Å². The molecule has 0 aliphatic carbocycles. The molecule has 2 N–H and O–H groups in total. The standard InChI is InChI=1S/C15H15ClFN/c1-9-4-3-5-10(2)14(9)15(18)12-8-11(17)6-7-13(12)16/h3-8,15H,18H2,1-2H3. The van der Waals surface area contributed by atoms with Gasteiger partial charge in [-0.2, -0.15) is 0 Å². The van der Waals surface area contributed by atoms with Gasteiger partial charge in [-0.25, -0.2) is 4.39 Å². The Kier molecular flexibility index (Phi) is 3.69. The number of aryl methyl sites for hydroxylation is 2. The lowest BCUT2D eigenvalue weighted by Gasteiger charge is -2.19. The Balaban J connectivity index is 2.54. The molecule has 0 saturated heterocycles. The van der Waals surface area contributed by atoms with Crippen molar-refractivity contribution in [3.05, 3.63) is 69.5 Å². The molecule has 2 rings (SSSR count). The zero-order chi connectivity index (χ0) is 13.3. The van der Waals surface area contributed by atoms with Crippen LogP contribution in [0.3, 0.4) is 0 Å². The minimum Gasteiger partial charge on any atom is -0.320 e. The minimum atomic E-state index is -0.408. The van der Waals surface area contributed by atoms with Gasteiger partial charge in [-0.05, 0) is 54.3 Å². The van der Waals surface area contributed by atoms with E-state index in [1.54, 1.807) is 6.07 Å². The van der Waals surface area contributed by atoms with E-state index in [-0.39, 0.29) is 5.82 Å². The van der Waals surface area contributed by atoms with Crippen molar-refractivity contribution in [3.8, 4) is 0 Å². The maximum Gasteiger partial charge on any atom is 0.123 e. The maximum atomic E-state index is 13.3. The second-order valence-corrected chi connectivity index (χ2v) is 4.86. The van der Waals surface area contributed by atoms with Crippen LogP contribution in [0.1, 0.15) is 28.3 Å². The third-order valence-corrected chi connectivity index (χ3v) is 3.49. The van der Waals surface area contributed by atoms with Crippen molar-refractivity contribution >= 4 is 11.6 Å². The van der Waals surface area contributed by atoms with Crippen LogP contribution in [0.4, 0.5) is 4.39 Å². The van der Waals surface area contributed by atoms with Crippen molar-refractivity contribution in [3.63, 3.8) is 0 Å². The SMILES string of the molecule is Cc1cccc(C)c1C(N)c1cc(F)ccc1Cl. The van der Waals surface area contributed by atoms with Crippen LogP contribution in [0, 0.1) is 19.7 Å². The summed E-state index contributed by atoms with van der Waals surface area (Å²) in [6.45, 7) is 3.99. The van der Waals surface area contributed by atoms with Gasteiger partial charge in [-0.15, -0.1) is 0 Å². The van der Waals surface area contributed by atoms with Gasteiger partial charge in [0.1, 0.15) is 5.82 Å². The fourth-order valence-electron chi connectivity index (χ4n) is 2.23. The van der Waals surface area contributed by atoms with Gasteiger partial charge in [0, 0.05) is 5.02 Å². The van der Waals surface area contributed by atoms with E-state index >= 15 is 0 Å². The summed E-state index contributed by atoms with van der Waals surface area (Å²) in [6.07, 6.45) is 0. The fourth-order valence-corrected chi connectivity index (χ4v) is 2.46. The van der Waals surface area contributed by atoms with Crippen LogP contribution in [-0.2, 0) is 0 Å². The smallest absolute Gasteiger partial charge is 0.123 e. The molecule has 1 unspecified atom stereocenters. The van der Waals surface area contributed by atoms with Gasteiger partial charge in [0.05, 0.1) is 6.04 Å². The van der Waals surface area contributed by atoms with Gasteiger partial charge in [0.25, 0.3) is 0 Å². The first-order valence-corrected chi connectivity index (χ1v) is 6.15. The predicted octanol–water partition coefficient (Wildman–Crippen LogP) is 4.14. The summed E-state index contributed by atoms with van der Waals surface area (Å²) in [7, 11) is 0. The summed E-state index contributed by atoms with van der Waals surface area (Å²) in [4.78, 5) is 0. The third kappa shape index (κ3) is 2.40. The van der Waals surface area contributed by atoms with E-state index in [1.165, 1.54) is 12.1 Å². The van der Waals surface area contributed by atoms with Gasteiger partial charge in [-0.3, -0.25) is 0 Å². The van der Waals surface area contributed by atoms with Crippen molar-refractivity contribution in [1.29, 1.82) is 0 Å². The molecule has 1 nitrogen and oxygen atoms in total. The average molecular weight is 264 g/mol. The minimum absolute atomic E-state index is 0.323. The largest absolute Gasteiger partial charge is 0.320 e. The fraction of sp³-hybridized carbons (Fsp3) is 0.200. The van der Waals surface area contributed by atoms with Crippen LogP contribution >= 0.6 is 11.6 Å². The van der Waals surface area contributed by atoms with Crippen molar-refractivity contribution in [1.82, 2.24) is 0 Å². The summed E-state index contributed by atoms with van der Waals surface area (Å²) in [5.74, 6) is -0.323. The highest BCUT2D eigenvalue weighted by molar-refractivity contribution is 6.31. The molecule has 0 aliphatic rings. The Hall–Kier alpha value is -1.38. The van der Waals surface area contributed by atoms with E-state index in [0.717, 1.165) is 16.7 Å². The van der Waals surface area contributed by atoms with Crippen LogP contribution < -0.4 is 5.73 Å². The van der Waals surface area contributed by atoms with E-state index in [2.05, 4.69) is 0 Å². The Morgan fingerprint density at radius 3 is 2.33 bits per heavy atom. The van der Waals surface area contributed by atoms with Crippen LogP contribution in [0.15, 0.2) is 36.4 Å². The summed E-state index contributed by atoms with van der Waals surface area (Å²) in [6, 6.07) is 9.84. The number of hydrogen-bond acceptors (Lipinski definition) is 1. The van der Waals surface area contributed by atoms with Crippen molar-refractivity contribution in [2.45, 2.75) is 19.9 Å². The number of hydrogen-bond donors (Lipinski definition) is 1. The van der Waals surface area contributed by atoms with Gasteiger partial charge in [0.15, 0.2) is 0 Å². The normalized spacial score (nSPS) is 12.5. The maximum absolute atomic E-state index is 13.3. The Morgan fingerprint density at radius 2 is 1.72 bits per heavy atom. The highest BCUT2D eigenvalue weighted by Gasteiger charge is 2.17. The molecule has 18 heavy (non-hydrogen) atoms. The van der Waals surface area contributed by atoms with Gasteiger partial charge in [-0.1, -0.05) is 29.8 Å². The quantitative estimate of drug-likeness (QED) is 0.866. The molecule has 0 heterocycles. The van der Waals surface area contributed by atoms with Crippen molar-refractivity contribution in [2.24, 2.45) is 5.73 Å². The molecule has 0 aromatic heterocycles. The Bertz CT molecular complexity index is 560. The first-order valence-electron chi connectivity index (χ1n) is 5.77. The van der Waals surface area contributed by atoms with E-state index in [9.17, 15) is 4.39 Å². The summed E-state index contributed by atoms with van der Waals surface area (Å²) < 4.78 is 13.3. The summed E-state index contributed by atoms with van der Waals surface area (Å²) >= 11 is 6.10. The lowest BCUT2D eigenvalue weighted by Crippen LogP contribution is -2.15. The molecule has 0 saturated carbocycles. The number of halogens is 2. The molecular formula is C15H15ClFN. The van der Waals surface area contributed by atoms with E-state index in [1.807, 2.05) is 32.0 Å². The predicted molar refractivity (Wildman–Crippen MR) is 73.4 cm³/mol. The molecule has 3 heteroatoms. The second-order valence-electron chi connectivity index (χ2n) is 4.45. The molecule has 1 atom stereocenters. The van der Waals surface area contributed by atoms with E-state index in [0.29, 0.717) is 10.6 Å². The highest BCUT2D eigenvalue weighted by atomic mass is 35.5. The lowest BCUT2D eigenvalue weighted by molar-refractivity contribution is 0.623. The molecule has 0 bridgehead atoms. The molecular weight excluding hydrogens is 249 g/mol. The highest BCUT2D eigenvalue weighted by Crippen LogP contribution is 2.30. The van der Waals surface area contributed by atoms with Gasteiger partial charge < -0.3 is 5.73 Å². The van der Waals surface area contributed by atoms with E-state index in [4.69, 9.17) is 17.3 Å².